The zero-order valence-corrected chi connectivity index (χ0v) is 22.1. The van der Waals surface area contributed by atoms with E-state index in [9.17, 15) is 0 Å². The minimum Gasteiger partial charge on any atom is -0.369 e. The second kappa shape index (κ2) is 12.6. The molecule has 0 unspecified atom stereocenters. The van der Waals surface area contributed by atoms with Gasteiger partial charge in [-0.2, -0.15) is 10.2 Å². The summed E-state index contributed by atoms with van der Waals surface area (Å²) in [7, 11) is 0. The first-order valence-corrected chi connectivity index (χ1v) is 12.9. The van der Waals surface area contributed by atoms with Crippen LogP contribution in [0, 0.1) is 0 Å². The first-order chi connectivity index (χ1) is 17.5. The van der Waals surface area contributed by atoms with Crippen molar-refractivity contribution in [3.05, 3.63) is 71.1 Å². The second-order valence-electron chi connectivity index (χ2n) is 9.56. The van der Waals surface area contributed by atoms with Crippen LogP contribution in [0.3, 0.4) is 0 Å². The molecule has 0 spiro atoms. The summed E-state index contributed by atoms with van der Waals surface area (Å²) in [6.07, 6.45) is 0. The lowest BCUT2D eigenvalue weighted by molar-refractivity contribution is 0.589. The number of nitrogens with zero attached hydrogens (tertiary/aromatic N) is 4. The largest absolute Gasteiger partial charge is 0.369 e. The van der Waals surface area contributed by atoms with E-state index in [-0.39, 0.29) is 0 Å². The maximum Gasteiger partial charge on any atom is 0.138 e. The van der Waals surface area contributed by atoms with Crippen molar-refractivity contribution in [2.45, 2.75) is 27.7 Å². The summed E-state index contributed by atoms with van der Waals surface area (Å²) in [5, 5.41) is 16.0. The average Bonchev–Trinajstić information content (AvgIpc) is 2.93. The molecule has 0 aromatic heterocycles. The topological polar surface area (TPSA) is 79.3 Å². The molecule has 0 radical (unpaired) electrons. The summed E-state index contributed by atoms with van der Waals surface area (Å²) in [5.41, 5.74) is 14.0. The molecule has 4 N–H and O–H groups in total. The Morgan fingerprint density at radius 2 is 0.972 bits per heavy atom. The van der Waals surface area contributed by atoms with Gasteiger partial charge in [0.15, 0.2) is 0 Å². The Labute approximate surface area is 215 Å². The Morgan fingerprint density at radius 3 is 1.31 bits per heavy atom. The third-order valence-corrected chi connectivity index (χ3v) is 6.71. The summed E-state index contributed by atoms with van der Waals surface area (Å²) in [5.74, 6) is 0.781. The van der Waals surface area contributed by atoms with Gasteiger partial charge in [0.05, 0.1) is 11.4 Å². The maximum atomic E-state index is 4.62. The van der Waals surface area contributed by atoms with Crippen LogP contribution in [0.4, 0.5) is 11.4 Å². The molecular formula is C28H40N8. The number of allylic oxidation sites excluding steroid dienone is 1. The SMILES string of the molecule is CC(C)=C(N/N=C(\C)c1ccc(N2CCNCC2)cc1)N/N=C(\C)c1ccc(N2CCNCC2)cc1. The molecular weight excluding hydrogens is 448 g/mol. The molecule has 2 saturated heterocycles. The van der Waals surface area contributed by atoms with Gasteiger partial charge >= 0.3 is 0 Å². The van der Waals surface area contributed by atoms with Crippen molar-refractivity contribution in [2.75, 3.05) is 62.2 Å². The number of nitrogens with one attached hydrogen (secondary N) is 4. The molecule has 8 heteroatoms. The van der Waals surface area contributed by atoms with Crippen molar-refractivity contribution in [2.24, 2.45) is 10.2 Å². The zero-order chi connectivity index (χ0) is 25.3. The lowest BCUT2D eigenvalue weighted by Crippen LogP contribution is -2.43. The van der Waals surface area contributed by atoms with E-state index in [1.54, 1.807) is 0 Å². The molecule has 36 heavy (non-hydrogen) atoms. The first kappa shape index (κ1) is 25.7. The van der Waals surface area contributed by atoms with Gasteiger partial charge in [-0.25, -0.2) is 0 Å². The van der Waals surface area contributed by atoms with E-state index in [2.05, 4.69) is 90.0 Å². The van der Waals surface area contributed by atoms with Gasteiger partial charge in [-0.1, -0.05) is 24.3 Å². The van der Waals surface area contributed by atoms with Crippen LogP contribution in [0.5, 0.6) is 0 Å². The molecule has 2 fully saturated rings. The van der Waals surface area contributed by atoms with Gasteiger partial charge in [0, 0.05) is 63.7 Å². The van der Waals surface area contributed by atoms with Gasteiger partial charge in [0.2, 0.25) is 0 Å². The van der Waals surface area contributed by atoms with Crippen molar-refractivity contribution in [1.82, 2.24) is 21.5 Å². The van der Waals surface area contributed by atoms with E-state index in [0.29, 0.717) is 0 Å². The monoisotopic (exact) mass is 488 g/mol. The summed E-state index contributed by atoms with van der Waals surface area (Å²) in [4.78, 5) is 4.82. The quantitative estimate of drug-likeness (QED) is 0.338. The van der Waals surface area contributed by atoms with Gasteiger partial charge in [-0.3, -0.25) is 10.9 Å². The second-order valence-corrected chi connectivity index (χ2v) is 9.56. The van der Waals surface area contributed by atoms with E-state index in [0.717, 1.165) is 86.3 Å². The smallest absolute Gasteiger partial charge is 0.138 e. The molecule has 2 aliphatic heterocycles. The number of benzene rings is 2. The summed E-state index contributed by atoms with van der Waals surface area (Å²) in [6, 6.07) is 17.3. The van der Waals surface area contributed by atoms with Crippen LogP contribution in [0.15, 0.2) is 70.1 Å². The standard InChI is InChI=1S/C28H40N8/c1-21(2)28(33-31-22(3)24-5-9-26(10-6-24)35-17-13-29-14-18-35)34-32-23(4)25-7-11-27(12-8-25)36-19-15-30-16-20-36/h5-12,29-30,33-34H,13-20H2,1-4H3/b31-22+,32-23+. The van der Waals surface area contributed by atoms with Crippen molar-refractivity contribution < 1.29 is 0 Å². The fraction of sp³-hybridized carbons (Fsp3) is 0.429. The Bertz CT molecular complexity index is 988. The first-order valence-electron chi connectivity index (χ1n) is 12.9. The number of hydrogen-bond acceptors (Lipinski definition) is 8. The van der Waals surface area contributed by atoms with Crippen LogP contribution in [0.2, 0.25) is 0 Å². The number of anilines is 2. The Kier molecular flexibility index (Phi) is 8.97. The molecule has 0 atom stereocenters. The van der Waals surface area contributed by atoms with Gasteiger partial charge in [-0.15, -0.1) is 0 Å². The van der Waals surface area contributed by atoms with E-state index in [1.807, 2.05) is 27.7 Å². The highest BCUT2D eigenvalue weighted by molar-refractivity contribution is 5.99. The van der Waals surface area contributed by atoms with Crippen LogP contribution in [0.1, 0.15) is 38.8 Å². The number of rotatable bonds is 8. The minimum atomic E-state index is 0.781. The predicted molar refractivity (Wildman–Crippen MR) is 152 cm³/mol. The lowest BCUT2D eigenvalue weighted by atomic mass is 10.1. The van der Waals surface area contributed by atoms with Crippen molar-refractivity contribution in [3.8, 4) is 0 Å². The molecule has 0 bridgehead atoms. The number of piperazine rings is 2. The fourth-order valence-corrected chi connectivity index (χ4v) is 4.33. The van der Waals surface area contributed by atoms with Gasteiger partial charge < -0.3 is 20.4 Å². The van der Waals surface area contributed by atoms with E-state index in [1.165, 1.54) is 11.4 Å². The Hall–Kier alpha value is -3.36. The third-order valence-electron chi connectivity index (χ3n) is 6.71. The highest BCUT2D eigenvalue weighted by Gasteiger charge is 2.11. The van der Waals surface area contributed by atoms with Crippen molar-refractivity contribution in [1.29, 1.82) is 0 Å². The highest BCUT2D eigenvalue weighted by Crippen LogP contribution is 2.17. The van der Waals surface area contributed by atoms with Crippen LogP contribution in [0.25, 0.3) is 0 Å². The molecule has 2 aromatic rings. The molecule has 2 aliphatic rings. The minimum absolute atomic E-state index is 0.781. The van der Waals surface area contributed by atoms with Gasteiger partial charge in [0.1, 0.15) is 5.82 Å². The van der Waals surface area contributed by atoms with Crippen molar-refractivity contribution >= 4 is 22.8 Å². The van der Waals surface area contributed by atoms with E-state index >= 15 is 0 Å². The molecule has 2 aromatic carbocycles. The van der Waals surface area contributed by atoms with Crippen LogP contribution in [-0.4, -0.2) is 63.8 Å². The zero-order valence-electron chi connectivity index (χ0n) is 22.1. The molecule has 4 rings (SSSR count). The molecule has 0 amide bonds. The molecule has 192 valence electrons. The number of hydrazone groups is 2. The van der Waals surface area contributed by atoms with Gasteiger partial charge in [-0.05, 0) is 68.7 Å². The van der Waals surface area contributed by atoms with Crippen molar-refractivity contribution in [3.63, 3.8) is 0 Å². The van der Waals surface area contributed by atoms with E-state index in [4.69, 9.17) is 0 Å². The molecule has 0 saturated carbocycles. The molecule has 8 nitrogen and oxygen atoms in total. The Balaban J connectivity index is 1.35. The normalized spacial score (nSPS) is 17.1. The predicted octanol–water partition coefficient (Wildman–Crippen LogP) is 3.08. The molecule has 2 heterocycles. The third kappa shape index (κ3) is 6.86. The van der Waals surface area contributed by atoms with Crippen LogP contribution < -0.4 is 31.3 Å². The average molecular weight is 489 g/mol. The number of hydrogen-bond donors (Lipinski definition) is 4. The highest BCUT2D eigenvalue weighted by atomic mass is 15.4. The van der Waals surface area contributed by atoms with Crippen LogP contribution >= 0.6 is 0 Å². The summed E-state index contributed by atoms with van der Waals surface area (Å²) < 4.78 is 0. The lowest BCUT2D eigenvalue weighted by Gasteiger charge is -2.29. The Morgan fingerprint density at radius 1 is 0.611 bits per heavy atom. The summed E-state index contributed by atoms with van der Waals surface area (Å²) in [6.45, 7) is 16.4. The fourth-order valence-electron chi connectivity index (χ4n) is 4.33. The summed E-state index contributed by atoms with van der Waals surface area (Å²) >= 11 is 0. The van der Waals surface area contributed by atoms with E-state index < -0.39 is 0 Å². The van der Waals surface area contributed by atoms with Gasteiger partial charge in [0.25, 0.3) is 0 Å². The maximum absolute atomic E-state index is 4.62. The molecule has 0 aliphatic carbocycles. The van der Waals surface area contributed by atoms with Crippen LogP contribution in [-0.2, 0) is 0 Å².